The molecule has 2 aromatic carbocycles. The van der Waals surface area contributed by atoms with E-state index in [4.69, 9.17) is 11.6 Å². The van der Waals surface area contributed by atoms with Crippen molar-refractivity contribution >= 4 is 34.1 Å². The van der Waals surface area contributed by atoms with Crippen molar-refractivity contribution < 1.29 is 9.18 Å². The molecule has 1 aromatic heterocycles. The molecule has 3 rings (SSSR count). The second kappa shape index (κ2) is 8.15. The van der Waals surface area contributed by atoms with Gasteiger partial charge in [-0.2, -0.15) is 0 Å². The molecule has 26 heavy (non-hydrogen) atoms. The van der Waals surface area contributed by atoms with E-state index in [9.17, 15) is 9.18 Å². The smallest absolute Gasteiger partial charge is 0.253 e. The topological polar surface area (TPSA) is 45.2 Å². The first kappa shape index (κ1) is 18.1. The van der Waals surface area contributed by atoms with Gasteiger partial charge in [-0.1, -0.05) is 17.7 Å². The molecule has 0 saturated carbocycles. The summed E-state index contributed by atoms with van der Waals surface area (Å²) in [7, 11) is 1.72. The van der Waals surface area contributed by atoms with E-state index in [0.717, 1.165) is 23.0 Å². The summed E-state index contributed by atoms with van der Waals surface area (Å²) < 4.78 is 13.2. The van der Waals surface area contributed by atoms with Gasteiger partial charge in [0.15, 0.2) is 0 Å². The molecule has 0 saturated heterocycles. The van der Waals surface area contributed by atoms with E-state index in [1.807, 2.05) is 24.3 Å². The highest BCUT2D eigenvalue weighted by atomic mass is 35.5. The van der Waals surface area contributed by atoms with Crippen LogP contribution in [-0.2, 0) is 0 Å². The first-order valence-electron chi connectivity index (χ1n) is 8.34. The lowest BCUT2D eigenvalue weighted by Crippen LogP contribution is -2.28. The van der Waals surface area contributed by atoms with Crippen molar-refractivity contribution in [2.75, 3.05) is 25.5 Å². The average molecular weight is 372 g/mol. The molecule has 6 heteroatoms. The minimum Gasteiger partial charge on any atom is -0.384 e. The molecule has 0 bridgehead atoms. The average Bonchev–Trinajstić information content (AvgIpc) is 2.64. The quantitative estimate of drug-likeness (QED) is 0.644. The van der Waals surface area contributed by atoms with Crippen LogP contribution < -0.4 is 5.32 Å². The van der Waals surface area contributed by atoms with Gasteiger partial charge in [0.1, 0.15) is 5.82 Å². The predicted octanol–water partition coefficient (Wildman–Crippen LogP) is 4.60. The van der Waals surface area contributed by atoms with E-state index < -0.39 is 5.82 Å². The molecule has 0 spiro atoms. The van der Waals surface area contributed by atoms with Gasteiger partial charge in [-0.05, 0) is 48.9 Å². The van der Waals surface area contributed by atoms with E-state index in [-0.39, 0.29) is 5.91 Å². The number of carbonyl (C=O) groups excluding carboxylic acids is 1. The number of anilines is 1. The van der Waals surface area contributed by atoms with Crippen LogP contribution in [0, 0.1) is 5.82 Å². The molecule has 134 valence electrons. The Morgan fingerprint density at radius 1 is 1.23 bits per heavy atom. The Bertz CT molecular complexity index is 932. The Hall–Kier alpha value is -2.66. The van der Waals surface area contributed by atoms with Crippen LogP contribution in [0.2, 0.25) is 5.02 Å². The third kappa shape index (κ3) is 4.29. The molecule has 0 radical (unpaired) electrons. The number of rotatable bonds is 6. The van der Waals surface area contributed by atoms with Crippen LogP contribution in [0.1, 0.15) is 16.8 Å². The van der Waals surface area contributed by atoms with Gasteiger partial charge in [0, 0.05) is 48.0 Å². The summed E-state index contributed by atoms with van der Waals surface area (Å²) in [5.74, 6) is -0.593. The zero-order chi connectivity index (χ0) is 18.5. The fourth-order valence-electron chi connectivity index (χ4n) is 2.76. The van der Waals surface area contributed by atoms with Gasteiger partial charge in [-0.3, -0.25) is 9.78 Å². The van der Waals surface area contributed by atoms with Crippen molar-refractivity contribution in [3.8, 4) is 0 Å². The summed E-state index contributed by atoms with van der Waals surface area (Å²) in [5, 5.41) is 5.02. The zero-order valence-corrected chi connectivity index (χ0v) is 15.1. The maximum absolute atomic E-state index is 13.2. The predicted molar refractivity (Wildman–Crippen MR) is 103 cm³/mol. The molecule has 0 unspecified atom stereocenters. The number of amides is 1. The number of benzene rings is 2. The molecule has 4 nitrogen and oxygen atoms in total. The number of halogens is 2. The number of pyridine rings is 1. The first-order chi connectivity index (χ1) is 12.5. The number of nitrogens with zero attached hydrogens (tertiary/aromatic N) is 2. The van der Waals surface area contributed by atoms with Crippen molar-refractivity contribution in [3.05, 3.63) is 71.1 Å². The molecule has 3 aromatic rings. The van der Waals surface area contributed by atoms with E-state index in [1.165, 1.54) is 12.1 Å². The second-order valence-electron chi connectivity index (χ2n) is 6.04. The van der Waals surface area contributed by atoms with Crippen LogP contribution in [0.4, 0.5) is 10.1 Å². The molecule has 0 aliphatic rings. The largest absolute Gasteiger partial charge is 0.384 e. The van der Waals surface area contributed by atoms with Crippen LogP contribution >= 0.6 is 11.6 Å². The number of aromatic nitrogens is 1. The fraction of sp³-hybridized carbons (Fsp3) is 0.200. The molecule has 1 heterocycles. The molecule has 0 atom stereocenters. The van der Waals surface area contributed by atoms with Crippen molar-refractivity contribution in [2.24, 2.45) is 0 Å². The summed E-state index contributed by atoms with van der Waals surface area (Å²) in [5.41, 5.74) is 2.17. The van der Waals surface area contributed by atoms with Gasteiger partial charge in [-0.25, -0.2) is 4.39 Å². The number of hydrogen-bond donors (Lipinski definition) is 1. The highest BCUT2D eigenvalue weighted by molar-refractivity contribution is 6.31. The number of hydrogen-bond acceptors (Lipinski definition) is 3. The Balaban J connectivity index is 1.55. The van der Waals surface area contributed by atoms with Gasteiger partial charge in [0.2, 0.25) is 0 Å². The Morgan fingerprint density at radius 3 is 2.88 bits per heavy atom. The number of nitrogens with one attached hydrogen (secondary N) is 1. The van der Waals surface area contributed by atoms with Gasteiger partial charge >= 0.3 is 0 Å². The maximum atomic E-state index is 13.2. The molecular weight excluding hydrogens is 353 g/mol. The van der Waals surface area contributed by atoms with Crippen LogP contribution in [0.5, 0.6) is 0 Å². The molecule has 0 fully saturated rings. The van der Waals surface area contributed by atoms with E-state index in [1.54, 1.807) is 30.3 Å². The van der Waals surface area contributed by atoms with Gasteiger partial charge in [0.05, 0.1) is 5.52 Å². The van der Waals surface area contributed by atoms with Gasteiger partial charge in [-0.15, -0.1) is 0 Å². The summed E-state index contributed by atoms with van der Waals surface area (Å²) in [6.45, 7) is 1.26. The van der Waals surface area contributed by atoms with Gasteiger partial charge < -0.3 is 10.2 Å². The SMILES string of the molecule is CN(CCCNc1ccnc2cc(Cl)ccc12)C(=O)c1cccc(F)c1. The Labute approximate surface area is 156 Å². The number of fused-ring (bicyclic) bond motifs is 1. The van der Waals surface area contributed by atoms with Crippen molar-refractivity contribution in [2.45, 2.75) is 6.42 Å². The summed E-state index contributed by atoms with van der Waals surface area (Å²) >= 11 is 6.00. The summed E-state index contributed by atoms with van der Waals surface area (Å²) in [6.07, 6.45) is 2.50. The van der Waals surface area contributed by atoms with E-state index >= 15 is 0 Å². The van der Waals surface area contributed by atoms with Crippen molar-refractivity contribution in [1.82, 2.24) is 9.88 Å². The van der Waals surface area contributed by atoms with Crippen molar-refractivity contribution in [3.63, 3.8) is 0 Å². The lowest BCUT2D eigenvalue weighted by atomic mass is 10.2. The lowest BCUT2D eigenvalue weighted by molar-refractivity contribution is 0.0794. The standard InChI is InChI=1S/C20H19ClFN3O/c1-25(20(26)14-4-2-5-16(22)12-14)11-3-9-23-18-8-10-24-19-13-15(21)6-7-17(18)19/h2,4-8,10,12-13H,3,9,11H2,1H3,(H,23,24). The first-order valence-corrected chi connectivity index (χ1v) is 8.71. The third-order valence-corrected chi connectivity index (χ3v) is 4.34. The highest BCUT2D eigenvalue weighted by Gasteiger charge is 2.11. The van der Waals surface area contributed by atoms with Gasteiger partial charge in [0.25, 0.3) is 5.91 Å². The molecular formula is C20H19ClFN3O. The lowest BCUT2D eigenvalue weighted by Gasteiger charge is -2.18. The van der Waals surface area contributed by atoms with Crippen LogP contribution in [-0.4, -0.2) is 35.9 Å². The third-order valence-electron chi connectivity index (χ3n) is 4.11. The van der Waals surface area contributed by atoms with Crippen molar-refractivity contribution in [1.29, 1.82) is 0 Å². The summed E-state index contributed by atoms with van der Waals surface area (Å²) in [6, 6.07) is 13.3. The minimum absolute atomic E-state index is 0.187. The normalized spacial score (nSPS) is 10.7. The van der Waals surface area contributed by atoms with Crippen LogP contribution in [0.3, 0.4) is 0 Å². The zero-order valence-electron chi connectivity index (χ0n) is 14.4. The summed E-state index contributed by atoms with van der Waals surface area (Å²) in [4.78, 5) is 18.2. The van der Waals surface area contributed by atoms with E-state index in [2.05, 4.69) is 10.3 Å². The second-order valence-corrected chi connectivity index (χ2v) is 6.47. The molecule has 0 aliphatic heterocycles. The fourth-order valence-corrected chi connectivity index (χ4v) is 2.92. The highest BCUT2D eigenvalue weighted by Crippen LogP contribution is 2.24. The Kier molecular flexibility index (Phi) is 5.68. The maximum Gasteiger partial charge on any atom is 0.253 e. The molecule has 1 amide bonds. The molecule has 1 N–H and O–H groups in total. The van der Waals surface area contributed by atoms with E-state index in [0.29, 0.717) is 23.7 Å². The van der Waals surface area contributed by atoms with Crippen LogP contribution in [0.25, 0.3) is 10.9 Å². The van der Waals surface area contributed by atoms with Crippen LogP contribution in [0.15, 0.2) is 54.7 Å². The number of carbonyl (C=O) groups is 1. The Morgan fingerprint density at radius 2 is 2.08 bits per heavy atom. The molecule has 0 aliphatic carbocycles. The minimum atomic E-state index is -0.407. The monoisotopic (exact) mass is 371 g/mol.